The Kier molecular flexibility index (Phi) is 15.5. The van der Waals surface area contributed by atoms with Crippen molar-refractivity contribution in [1.29, 1.82) is 0 Å². The number of ether oxygens (including phenoxy) is 4. The van der Waals surface area contributed by atoms with Crippen LogP contribution in [-0.2, 0) is 50.7 Å². The average Bonchev–Trinajstić information content (AvgIpc) is 3.07. The van der Waals surface area contributed by atoms with Crippen LogP contribution < -0.4 is 0 Å². The fourth-order valence-corrected chi connectivity index (χ4v) is 5.29. The molecule has 1 saturated heterocycles. The molecule has 10 unspecified atom stereocenters. The molecule has 33 heavy (non-hydrogen) atoms. The van der Waals surface area contributed by atoms with Gasteiger partial charge in [-0.15, -0.1) is 9.05 Å². The molecule has 12 nitrogen and oxygen atoms in total. The van der Waals surface area contributed by atoms with Gasteiger partial charge in [0, 0.05) is 39.0 Å². The van der Waals surface area contributed by atoms with Crippen molar-refractivity contribution in [1.82, 2.24) is 0 Å². The Hall–Kier alpha value is 0.490. The van der Waals surface area contributed by atoms with Crippen LogP contribution in [0.25, 0.3) is 0 Å². The molecule has 0 bridgehead atoms. The molecule has 1 N–H and O–H groups in total. The Labute approximate surface area is 200 Å². The molecule has 0 amide bonds. The van der Waals surface area contributed by atoms with E-state index in [4.69, 9.17) is 57.3 Å². The van der Waals surface area contributed by atoms with Crippen LogP contribution in [0.2, 0.25) is 6.32 Å². The maximum absolute atomic E-state index is 12.9. The Morgan fingerprint density at radius 2 is 1.88 bits per heavy atom. The Balaban J connectivity index is 2.74. The summed E-state index contributed by atoms with van der Waals surface area (Å²) in [4.78, 5) is 0. The van der Waals surface area contributed by atoms with Crippen molar-refractivity contribution in [2.45, 2.75) is 48.7 Å². The number of aliphatic hydroxyl groups is 1. The topological polar surface area (TPSA) is 137 Å². The van der Waals surface area contributed by atoms with Gasteiger partial charge in [0.2, 0.25) is 0 Å². The van der Waals surface area contributed by atoms with E-state index in [1.165, 1.54) is 21.3 Å². The van der Waals surface area contributed by atoms with Gasteiger partial charge in [-0.2, -0.15) is 0 Å². The number of methoxy groups -OCH3 is 3. The van der Waals surface area contributed by atoms with Gasteiger partial charge in [0.05, 0.1) is 26.9 Å². The van der Waals surface area contributed by atoms with Gasteiger partial charge >= 0.3 is 16.1 Å². The van der Waals surface area contributed by atoms with Gasteiger partial charge in [-0.05, 0) is 6.66 Å². The zero-order chi connectivity index (χ0) is 25.0. The molecule has 17 heteroatoms. The van der Waals surface area contributed by atoms with E-state index in [9.17, 15) is 14.2 Å². The molecule has 188 valence electrons. The summed E-state index contributed by atoms with van der Waals surface area (Å²) in [5.74, 6) is -0.311. The zero-order valence-corrected chi connectivity index (χ0v) is 22.1. The van der Waals surface area contributed by atoms with Crippen molar-refractivity contribution in [2.75, 3.05) is 54.9 Å². The quantitative estimate of drug-likeness (QED) is 0.200. The third-order valence-electron chi connectivity index (χ3n) is 4.68. The molecule has 0 aromatic heterocycles. The molecule has 0 aromatic rings. The summed E-state index contributed by atoms with van der Waals surface area (Å²) < 4.78 is 72.2. The maximum Gasteiger partial charge on any atom is 0.697 e. The third kappa shape index (κ3) is 10.2. The molecule has 10 atom stereocenters. The van der Waals surface area contributed by atoms with E-state index >= 15 is 0 Å². The van der Waals surface area contributed by atoms with E-state index in [0.29, 0.717) is 8.58 Å². The SMILES string of the molecule is [B]CC(O[P+](=O)OCC1OC([B])C(O)C1OP(=O)(OC)OCC(OC)PC)C(COC)OC. The van der Waals surface area contributed by atoms with Crippen LogP contribution in [0.5, 0.6) is 0 Å². The molecule has 1 rings (SSSR count). The molecule has 1 aliphatic heterocycles. The van der Waals surface area contributed by atoms with Crippen LogP contribution in [0.3, 0.4) is 0 Å². The zero-order valence-electron chi connectivity index (χ0n) is 19.4. The summed E-state index contributed by atoms with van der Waals surface area (Å²) in [5.41, 5.74) is 0. The van der Waals surface area contributed by atoms with Gasteiger partial charge in [0.25, 0.3) is 0 Å². The van der Waals surface area contributed by atoms with Gasteiger partial charge in [-0.25, -0.2) is 4.57 Å². The highest BCUT2D eigenvalue weighted by Gasteiger charge is 2.48. The molecule has 1 fully saturated rings. The number of phosphoric ester groups is 1. The summed E-state index contributed by atoms with van der Waals surface area (Å²) in [6, 6.07) is -1.17. The first-order valence-corrected chi connectivity index (χ1v) is 14.1. The van der Waals surface area contributed by atoms with Gasteiger partial charge in [0.15, 0.2) is 0 Å². The Morgan fingerprint density at radius 1 is 1.18 bits per heavy atom. The van der Waals surface area contributed by atoms with Crippen molar-refractivity contribution in [3.05, 3.63) is 0 Å². The Bertz CT molecular complexity index is 617. The van der Waals surface area contributed by atoms with Crippen LogP contribution in [0, 0.1) is 0 Å². The van der Waals surface area contributed by atoms with Crippen molar-refractivity contribution >= 4 is 40.4 Å². The largest absolute Gasteiger partial charge is 0.697 e. The minimum Gasteiger partial charge on any atom is -0.388 e. The molecular formula is C16H32B2O12P3+. The second-order valence-electron chi connectivity index (χ2n) is 6.77. The molecular weight excluding hydrogens is 499 g/mol. The number of rotatable bonds is 18. The van der Waals surface area contributed by atoms with Crippen molar-refractivity contribution < 1.29 is 55.8 Å². The van der Waals surface area contributed by atoms with E-state index in [0.717, 1.165) is 7.11 Å². The highest BCUT2D eigenvalue weighted by atomic mass is 31.2. The Morgan fingerprint density at radius 3 is 2.39 bits per heavy atom. The summed E-state index contributed by atoms with van der Waals surface area (Å²) in [5, 5.41) is 10.3. The lowest BCUT2D eigenvalue weighted by molar-refractivity contribution is -0.0408. The molecule has 0 saturated carbocycles. The van der Waals surface area contributed by atoms with Crippen LogP contribution in [0.15, 0.2) is 0 Å². The third-order valence-corrected chi connectivity index (χ3v) is 7.95. The number of hydrogen-bond acceptors (Lipinski definition) is 12. The van der Waals surface area contributed by atoms with Crippen molar-refractivity contribution in [3.8, 4) is 0 Å². The lowest BCUT2D eigenvalue weighted by Crippen LogP contribution is -2.37. The number of aliphatic hydroxyl groups excluding tert-OH is 1. The van der Waals surface area contributed by atoms with Gasteiger partial charge in [-0.3, -0.25) is 13.6 Å². The van der Waals surface area contributed by atoms with Crippen molar-refractivity contribution in [3.63, 3.8) is 0 Å². The highest BCUT2D eigenvalue weighted by molar-refractivity contribution is 7.48. The van der Waals surface area contributed by atoms with E-state index in [2.05, 4.69) is 0 Å². The first kappa shape index (κ1) is 31.5. The summed E-state index contributed by atoms with van der Waals surface area (Å²) in [6.07, 6.45) is -5.03. The molecule has 0 aliphatic carbocycles. The van der Waals surface area contributed by atoms with Crippen LogP contribution in [-0.4, -0.2) is 118 Å². The number of hydrogen-bond donors (Lipinski definition) is 1. The molecule has 4 radical (unpaired) electrons. The smallest absolute Gasteiger partial charge is 0.388 e. The van der Waals surface area contributed by atoms with Gasteiger partial charge in [0.1, 0.15) is 45.0 Å². The van der Waals surface area contributed by atoms with E-state index < -0.39 is 52.6 Å². The highest BCUT2D eigenvalue weighted by Crippen LogP contribution is 2.52. The first-order chi connectivity index (χ1) is 15.7. The minimum absolute atomic E-state index is 0.00326. The second kappa shape index (κ2) is 16.3. The van der Waals surface area contributed by atoms with Crippen LogP contribution in [0.1, 0.15) is 0 Å². The predicted molar refractivity (Wildman–Crippen MR) is 123 cm³/mol. The second-order valence-corrected chi connectivity index (χ2v) is 10.6. The van der Waals surface area contributed by atoms with Gasteiger partial charge in [-0.1, -0.05) is 14.9 Å². The lowest BCUT2D eigenvalue weighted by atomic mass is 9.93. The summed E-state index contributed by atoms with van der Waals surface area (Å²) >= 11 is 0. The fourth-order valence-electron chi connectivity index (χ4n) is 2.76. The summed E-state index contributed by atoms with van der Waals surface area (Å²) in [7, 11) is 10.5. The maximum atomic E-state index is 12.9. The average molecular weight is 531 g/mol. The van der Waals surface area contributed by atoms with Crippen LogP contribution >= 0.6 is 24.7 Å². The molecule has 1 heterocycles. The predicted octanol–water partition coefficient (Wildman–Crippen LogP) is 0.985. The van der Waals surface area contributed by atoms with Crippen molar-refractivity contribution in [2.24, 2.45) is 0 Å². The van der Waals surface area contributed by atoms with E-state index in [-0.39, 0.29) is 32.0 Å². The monoisotopic (exact) mass is 531 g/mol. The standard InChI is InChI=1S/C16H32B2O12P3/c1-22-7-11(23-2)10(6-17)29-32(20)26-8-12-15(14(19)16(18)28-12)30-33(21,25-4)27-9-13(24-3)31-5/h10-16,19,31H,6-9H2,1-5H3/q+1. The first-order valence-electron chi connectivity index (χ1n) is 9.95. The van der Waals surface area contributed by atoms with E-state index in [1.807, 2.05) is 6.66 Å². The van der Waals surface area contributed by atoms with Gasteiger partial charge < -0.3 is 24.1 Å². The fraction of sp³-hybridized carbons (Fsp3) is 1.00. The molecule has 0 aromatic carbocycles. The molecule has 0 spiro atoms. The number of phosphoric acid groups is 1. The van der Waals surface area contributed by atoms with E-state index in [1.54, 1.807) is 0 Å². The normalized spacial score (nSPS) is 28.6. The molecule has 1 aliphatic rings. The minimum atomic E-state index is -4.11. The lowest BCUT2D eigenvalue weighted by Gasteiger charge is -2.25. The van der Waals surface area contributed by atoms with Crippen LogP contribution in [0.4, 0.5) is 0 Å². The summed E-state index contributed by atoms with van der Waals surface area (Å²) in [6.45, 7) is 1.62.